The Morgan fingerprint density at radius 2 is 1.88 bits per heavy atom. The second kappa shape index (κ2) is 7.13. The molecule has 0 aliphatic carbocycles. The molecule has 122 valence electrons. The average Bonchev–Trinajstić information content (AvgIpc) is 2.59. The molecule has 1 heterocycles. The smallest absolute Gasteiger partial charge is 0.253 e. The highest BCUT2D eigenvalue weighted by Gasteiger charge is 2.06. The predicted molar refractivity (Wildman–Crippen MR) is 95.9 cm³/mol. The lowest BCUT2D eigenvalue weighted by Gasteiger charge is -2.07. The number of aromatic amines is 1. The number of fused-ring (bicyclic) bond motifs is 1. The molecule has 0 radical (unpaired) electrons. The van der Waals surface area contributed by atoms with Crippen molar-refractivity contribution in [2.45, 2.75) is 26.3 Å². The zero-order valence-electron chi connectivity index (χ0n) is 13.6. The fourth-order valence-electron chi connectivity index (χ4n) is 2.68. The molecular weight excluding hydrogens is 300 g/mol. The zero-order valence-corrected chi connectivity index (χ0v) is 13.6. The number of H-pyrrole nitrogens is 1. The van der Waals surface area contributed by atoms with Crippen LogP contribution in [0.2, 0.25) is 0 Å². The fraction of sp³-hybridized carbons (Fsp3) is 0.200. The van der Waals surface area contributed by atoms with Crippen molar-refractivity contribution in [2.24, 2.45) is 0 Å². The summed E-state index contributed by atoms with van der Waals surface area (Å²) in [5.41, 5.74) is 3.46. The first-order chi connectivity index (χ1) is 11.6. The van der Waals surface area contributed by atoms with Crippen LogP contribution in [0.1, 0.15) is 23.1 Å². The first-order valence-electron chi connectivity index (χ1n) is 8.05. The molecule has 0 aliphatic heterocycles. The molecule has 0 saturated heterocycles. The van der Waals surface area contributed by atoms with Gasteiger partial charge in [0.25, 0.3) is 5.56 Å². The van der Waals surface area contributed by atoms with Crippen LogP contribution in [0.25, 0.3) is 10.9 Å². The van der Waals surface area contributed by atoms with E-state index in [0.29, 0.717) is 18.4 Å². The summed E-state index contributed by atoms with van der Waals surface area (Å²) in [4.78, 5) is 27.0. The molecule has 0 saturated carbocycles. The Morgan fingerprint density at radius 3 is 2.67 bits per heavy atom. The van der Waals surface area contributed by atoms with Gasteiger partial charge in [-0.3, -0.25) is 9.59 Å². The van der Waals surface area contributed by atoms with Crippen molar-refractivity contribution in [3.05, 3.63) is 81.6 Å². The van der Waals surface area contributed by atoms with Gasteiger partial charge in [0.2, 0.25) is 5.91 Å². The van der Waals surface area contributed by atoms with E-state index in [1.807, 2.05) is 61.5 Å². The van der Waals surface area contributed by atoms with Crippen LogP contribution in [0.5, 0.6) is 0 Å². The summed E-state index contributed by atoms with van der Waals surface area (Å²) in [7, 11) is 0. The number of nitrogens with one attached hydrogen (secondary N) is 2. The van der Waals surface area contributed by atoms with Gasteiger partial charge < -0.3 is 10.3 Å². The maximum atomic E-state index is 12.1. The van der Waals surface area contributed by atoms with Crippen LogP contribution in [0.4, 0.5) is 0 Å². The van der Waals surface area contributed by atoms with Crippen molar-refractivity contribution < 1.29 is 4.79 Å². The molecule has 1 amide bonds. The summed E-state index contributed by atoms with van der Waals surface area (Å²) in [6.45, 7) is 2.23. The molecule has 0 fully saturated rings. The Hall–Kier alpha value is -2.88. The molecule has 0 spiro atoms. The summed E-state index contributed by atoms with van der Waals surface area (Å²) < 4.78 is 0. The average molecular weight is 320 g/mol. The molecule has 2 N–H and O–H groups in total. The molecule has 0 aliphatic rings. The Labute approximate surface area is 140 Å². The number of amides is 1. The van der Waals surface area contributed by atoms with Gasteiger partial charge >= 0.3 is 0 Å². The first-order valence-corrected chi connectivity index (χ1v) is 8.05. The Morgan fingerprint density at radius 1 is 1.08 bits per heavy atom. The molecule has 0 unspecified atom stereocenters. The van der Waals surface area contributed by atoms with Crippen LogP contribution in [-0.2, 0) is 17.8 Å². The highest BCUT2D eigenvalue weighted by molar-refractivity contribution is 5.80. The molecule has 4 nitrogen and oxygen atoms in total. The number of benzene rings is 2. The maximum absolute atomic E-state index is 12.1. The van der Waals surface area contributed by atoms with Crippen molar-refractivity contribution in [2.75, 3.05) is 0 Å². The van der Waals surface area contributed by atoms with Crippen molar-refractivity contribution in [3.8, 4) is 0 Å². The Bertz CT molecular complexity index is 914. The van der Waals surface area contributed by atoms with Gasteiger partial charge in [0, 0.05) is 24.0 Å². The van der Waals surface area contributed by atoms with Crippen LogP contribution in [0.15, 0.2) is 59.4 Å². The van der Waals surface area contributed by atoms with Crippen LogP contribution < -0.4 is 10.9 Å². The van der Waals surface area contributed by atoms with Gasteiger partial charge in [-0.1, -0.05) is 42.5 Å². The molecule has 0 bridgehead atoms. The largest absolute Gasteiger partial charge is 0.352 e. The molecule has 2 aromatic carbocycles. The third-order valence-corrected chi connectivity index (χ3v) is 4.04. The van der Waals surface area contributed by atoms with Crippen LogP contribution in [0.3, 0.4) is 0 Å². The second-order valence-corrected chi connectivity index (χ2v) is 5.98. The fourth-order valence-corrected chi connectivity index (χ4v) is 2.68. The molecule has 3 rings (SSSR count). The number of aromatic nitrogens is 1. The topological polar surface area (TPSA) is 62.0 Å². The van der Waals surface area contributed by atoms with Crippen LogP contribution in [-0.4, -0.2) is 10.9 Å². The van der Waals surface area contributed by atoms with E-state index in [1.54, 1.807) is 0 Å². The van der Waals surface area contributed by atoms with Crippen molar-refractivity contribution >= 4 is 16.8 Å². The number of carbonyl (C=O) groups is 1. The highest BCUT2D eigenvalue weighted by atomic mass is 16.1. The molecule has 24 heavy (non-hydrogen) atoms. The maximum Gasteiger partial charge on any atom is 0.253 e. The number of rotatable bonds is 5. The van der Waals surface area contributed by atoms with E-state index in [4.69, 9.17) is 0 Å². The lowest BCUT2D eigenvalue weighted by atomic mass is 10.1. The molecule has 0 atom stereocenters. The summed E-state index contributed by atoms with van der Waals surface area (Å²) in [5, 5.41) is 3.79. The quantitative estimate of drug-likeness (QED) is 0.759. The number of hydrogen-bond donors (Lipinski definition) is 2. The zero-order chi connectivity index (χ0) is 16.9. The highest BCUT2D eigenvalue weighted by Crippen LogP contribution is 2.13. The number of aryl methyl sites for hydroxylation is 2. The number of hydrogen-bond acceptors (Lipinski definition) is 2. The summed E-state index contributed by atoms with van der Waals surface area (Å²) in [6, 6.07) is 17.6. The van der Waals surface area contributed by atoms with Crippen molar-refractivity contribution in [3.63, 3.8) is 0 Å². The van der Waals surface area contributed by atoms with E-state index in [0.717, 1.165) is 22.0 Å². The van der Waals surface area contributed by atoms with Gasteiger partial charge in [-0.05, 0) is 42.0 Å². The molecule has 4 heteroatoms. The van der Waals surface area contributed by atoms with Crippen molar-refractivity contribution in [1.29, 1.82) is 0 Å². The Balaban J connectivity index is 1.62. The van der Waals surface area contributed by atoms with Gasteiger partial charge in [0.15, 0.2) is 0 Å². The van der Waals surface area contributed by atoms with Gasteiger partial charge in [-0.2, -0.15) is 0 Å². The third kappa shape index (κ3) is 3.90. The van der Waals surface area contributed by atoms with Crippen molar-refractivity contribution in [1.82, 2.24) is 10.3 Å². The van der Waals surface area contributed by atoms with E-state index in [2.05, 4.69) is 10.3 Å². The number of pyridine rings is 1. The summed E-state index contributed by atoms with van der Waals surface area (Å²) >= 11 is 0. The van der Waals surface area contributed by atoms with E-state index in [1.165, 1.54) is 0 Å². The van der Waals surface area contributed by atoms with Gasteiger partial charge in [0.05, 0.1) is 0 Å². The van der Waals surface area contributed by atoms with E-state index in [-0.39, 0.29) is 18.0 Å². The second-order valence-electron chi connectivity index (χ2n) is 5.98. The first kappa shape index (κ1) is 16.0. The standard InChI is InChI=1S/C20H20N2O2/c1-14-7-9-16-12-17(20(24)22-18(16)11-14)13-21-19(23)10-8-15-5-3-2-4-6-15/h2-7,9,11-12H,8,10,13H2,1H3,(H,21,23)(H,22,24). The Kier molecular flexibility index (Phi) is 4.75. The SMILES string of the molecule is Cc1ccc2cc(CNC(=O)CCc3ccccc3)c(=O)[nH]c2c1. The lowest BCUT2D eigenvalue weighted by Crippen LogP contribution is -2.26. The molecule has 1 aromatic heterocycles. The lowest BCUT2D eigenvalue weighted by molar-refractivity contribution is -0.121. The van der Waals surface area contributed by atoms with Gasteiger partial charge in [0.1, 0.15) is 0 Å². The normalized spacial score (nSPS) is 10.7. The summed E-state index contributed by atoms with van der Waals surface area (Å²) in [6.07, 6.45) is 1.11. The van der Waals surface area contributed by atoms with Gasteiger partial charge in [-0.25, -0.2) is 0 Å². The summed E-state index contributed by atoms with van der Waals surface area (Å²) in [5.74, 6) is -0.0535. The third-order valence-electron chi connectivity index (χ3n) is 4.04. The minimum Gasteiger partial charge on any atom is -0.352 e. The van der Waals surface area contributed by atoms with Crippen LogP contribution in [0, 0.1) is 6.92 Å². The van der Waals surface area contributed by atoms with E-state index in [9.17, 15) is 9.59 Å². The van der Waals surface area contributed by atoms with Gasteiger partial charge in [-0.15, -0.1) is 0 Å². The number of carbonyl (C=O) groups excluding carboxylic acids is 1. The van der Waals surface area contributed by atoms with E-state index < -0.39 is 0 Å². The van der Waals surface area contributed by atoms with E-state index >= 15 is 0 Å². The minimum absolute atomic E-state index is 0.0535. The molecule has 3 aromatic rings. The molecular formula is C20H20N2O2. The predicted octanol–water partition coefficient (Wildman–Crippen LogP) is 3.09. The monoisotopic (exact) mass is 320 g/mol. The minimum atomic E-state index is -0.156. The van der Waals surface area contributed by atoms with Crippen LogP contribution >= 0.6 is 0 Å².